The van der Waals surface area contributed by atoms with Crippen molar-refractivity contribution in [1.82, 2.24) is 34.4 Å². The molecule has 2 fully saturated rings. The average Bonchev–Trinajstić information content (AvgIpc) is 3.59. The topological polar surface area (TPSA) is 87.5 Å². The summed E-state index contributed by atoms with van der Waals surface area (Å²) in [6.45, 7) is 4.81. The number of nitrogens with zero attached hydrogens (tertiary/aromatic N) is 7. The first kappa shape index (κ1) is 23.9. The predicted molar refractivity (Wildman–Crippen MR) is 130 cm³/mol. The summed E-state index contributed by atoms with van der Waals surface area (Å²) < 4.78 is 47.1. The van der Waals surface area contributed by atoms with Gasteiger partial charge >= 0.3 is 6.18 Å². The van der Waals surface area contributed by atoms with Gasteiger partial charge in [0, 0.05) is 56.9 Å². The lowest BCUT2D eigenvalue weighted by Gasteiger charge is -2.43. The molecule has 4 aromatic rings. The number of halogens is 3. The number of hydrogen-bond acceptors (Lipinski definition) is 7. The summed E-state index contributed by atoms with van der Waals surface area (Å²) in [4.78, 5) is 18.1. The predicted octanol–water partition coefficient (Wildman–Crippen LogP) is 3.82. The Kier molecular flexibility index (Phi) is 6.29. The SMILES string of the molecule is FC(F)(F)c1ccc2ncc(-c3ccnc(N4CCN(C[C@@H]5CCCOC5)[C@@H](c5cn[nH]c5)C4)n3)n2c1. The molecule has 1 N–H and O–H groups in total. The van der Waals surface area contributed by atoms with Crippen LogP contribution < -0.4 is 4.90 Å². The van der Waals surface area contributed by atoms with Gasteiger partial charge in [-0.15, -0.1) is 0 Å². The number of aromatic nitrogens is 6. The molecule has 9 nitrogen and oxygen atoms in total. The Morgan fingerprint density at radius 3 is 2.81 bits per heavy atom. The number of rotatable bonds is 5. The first-order valence-electron chi connectivity index (χ1n) is 12.4. The van der Waals surface area contributed by atoms with Crippen LogP contribution in [0.4, 0.5) is 19.1 Å². The van der Waals surface area contributed by atoms with E-state index in [0.29, 0.717) is 35.4 Å². The van der Waals surface area contributed by atoms with E-state index in [-0.39, 0.29) is 6.04 Å². The molecule has 2 aliphatic heterocycles. The molecule has 0 bridgehead atoms. The van der Waals surface area contributed by atoms with Gasteiger partial charge in [-0.25, -0.2) is 15.0 Å². The number of hydrogen-bond donors (Lipinski definition) is 1. The van der Waals surface area contributed by atoms with Crippen LogP contribution in [0.25, 0.3) is 17.0 Å². The van der Waals surface area contributed by atoms with Crippen molar-refractivity contribution in [1.29, 1.82) is 0 Å². The minimum absolute atomic E-state index is 0.104. The molecule has 12 heteroatoms. The first-order valence-corrected chi connectivity index (χ1v) is 12.4. The fourth-order valence-corrected chi connectivity index (χ4v) is 5.24. The molecule has 194 valence electrons. The summed E-state index contributed by atoms with van der Waals surface area (Å²) >= 11 is 0. The van der Waals surface area contributed by atoms with Crippen molar-refractivity contribution in [3.05, 3.63) is 60.3 Å². The molecule has 4 aromatic heterocycles. The van der Waals surface area contributed by atoms with E-state index in [1.54, 1.807) is 18.5 Å². The third kappa shape index (κ3) is 4.90. The summed E-state index contributed by atoms with van der Waals surface area (Å²) in [7, 11) is 0. The van der Waals surface area contributed by atoms with Gasteiger partial charge < -0.3 is 9.64 Å². The number of piperazine rings is 1. The summed E-state index contributed by atoms with van der Waals surface area (Å²) in [5.74, 6) is 1.04. The molecule has 0 amide bonds. The van der Waals surface area contributed by atoms with Gasteiger partial charge in [-0.2, -0.15) is 18.3 Å². The Bertz CT molecular complexity index is 1350. The second-order valence-corrected chi connectivity index (χ2v) is 9.60. The van der Waals surface area contributed by atoms with Gasteiger partial charge in [-0.3, -0.25) is 14.4 Å². The van der Waals surface area contributed by atoms with Crippen molar-refractivity contribution in [3.8, 4) is 11.4 Å². The van der Waals surface area contributed by atoms with Gasteiger partial charge in [0.1, 0.15) is 5.65 Å². The highest BCUT2D eigenvalue weighted by Gasteiger charge is 2.33. The molecule has 37 heavy (non-hydrogen) atoms. The number of ether oxygens (including phenoxy) is 1. The van der Waals surface area contributed by atoms with Gasteiger partial charge in [0.15, 0.2) is 0 Å². The van der Waals surface area contributed by atoms with Crippen LogP contribution in [-0.2, 0) is 10.9 Å². The Morgan fingerprint density at radius 2 is 2.03 bits per heavy atom. The molecule has 2 aliphatic rings. The second-order valence-electron chi connectivity index (χ2n) is 9.60. The van der Waals surface area contributed by atoms with Crippen LogP contribution in [0.1, 0.15) is 30.0 Å². The average molecular weight is 513 g/mol. The molecule has 0 aromatic carbocycles. The number of nitrogens with one attached hydrogen (secondary N) is 1. The van der Waals surface area contributed by atoms with Crippen LogP contribution >= 0.6 is 0 Å². The molecule has 0 aliphatic carbocycles. The zero-order valence-electron chi connectivity index (χ0n) is 20.1. The maximum Gasteiger partial charge on any atom is 0.417 e. The number of alkyl halides is 3. The van der Waals surface area contributed by atoms with E-state index >= 15 is 0 Å². The van der Waals surface area contributed by atoms with E-state index in [1.165, 1.54) is 16.9 Å². The third-order valence-corrected chi connectivity index (χ3v) is 7.16. The minimum Gasteiger partial charge on any atom is -0.381 e. The standard InChI is InChI=1S/C25H27F3N8O/c26-25(27,28)19-3-4-23-30-12-21(36(23)14-19)20-5-6-29-24(33-20)35-8-7-34(13-17-2-1-9-37-16-17)22(15-35)18-10-31-32-11-18/h3-6,10-12,14,17,22H,1-2,7-9,13,15-16H2,(H,31,32)/t17-,22+/m0/s1. The Morgan fingerprint density at radius 1 is 1.11 bits per heavy atom. The molecule has 0 radical (unpaired) electrons. The quantitative estimate of drug-likeness (QED) is 0.435. The maximum absolute atomic E-state index is 13.3. The van der Waals surface area contributed by atoms with E-state index in [2.05, 4.69) is 30.0 Å². The number of imidazole rings is 1. The second kappa shape index (κ2) is 9.75. The van der Waals surface area contributed by atoms with E-state index < -0.39 is 11.7 Å². The van der Waals surface area contributed by atoms with Gasteiger partial charge in [-0.1, -0.05) is 0 Å². The molecule has 0 unspecified atom stereocenters. The highest BCUT2D eigenvalue weighted by molar-refractivity contribution is 5.61. The van der Waals surface area contributed by atoms with Crippen LogP contribution in [0.2, 0.25) is 0 Å². The molecule has 6 rings (SSSR count). The summed E-state index contributed by atoms with van der Waals surface area (Å²) in [5.41, 5.74) is 1.77. The Hall–Kier alpha value is -3.51. The highest BCUT2D eigenvalue weighted by Crippen LogP contribution is 2.32. The normalized spacial score (nSPS) is 21.5. The first-order chi connectivity index (χ1) is 18.0. The Labute approximate surface area is 211 Å². The zero-order valence-corrected chi connectivity index (χ0v) is 20.1. The van der Waals surface area contributed by atoms with Crippen molar-refractivity contribution in [2.45, 2.75) is 25.1 Å². The molecule has 6 heterocycles. The van der Waals surface area contributed by atoms with E-state index in [1.807, 2.05) is 12.4 Å². The number of anilines is 1. The largest absolute Gasteiger partial charge is 0.417 e. The molecule has 0 spiro atoms. The van der Waals surface area contributed by atoms with Crippen LogP contribution in [0.15, 0.2) is 49.2 Å². The number of H-pyrrole nitrogens is 1. The smallest absolute Gasteiger partial charge is 0.381 e. The molecular weight excluding hydrogens is 485 g/mol. The highest BCUT2D eigenvalue weighted by atomic mass is 19.4. The lowest BCUT2D eigenvalue weighted by Crippen LogP contribution is -2.50. The maximum atomic E-state index is 13.3. The van der Waals surface area contributed by atoms with E-state index in [4.69, 9.17) is 9.72 Å². The number of fused-ring (bicyclic) bond motifs is 1. The lowest BCUT2D eigenvalue weighted by atomic mass is 9.98. The monoisotopic (exact) mass is 512 g/mol. The zero-order chi connectivity index (χ0) is 25.4. The van der Waals surface area contributed by atoms with Crippen LogP contribution in [-0.4, -0.2) is 73.8 Å². The van der Waals surface area contributed by atoms with Gasteiger partial charge in [0.25, 0.3) is 0 Å². The summed E-state index contributed by atoms with van der Waals surface area (Å²) in [6, 6.07) is 4.19. The number of pyridine rings is 1. The fourth-order valence-electron chi connectivity index (χ4n) is 5.24. The lowest BCUT2D eigenvalue weighted by molar-refractivity contribution is -0.137. The molecule has 2 atom stereocenters. The minimum atomic E-state index is -4.45. The summed E-state index contributed by atoms with van der Waals surface area (Å²) in [6.07, 6.45) is 5.83. The van der Waals surface area contributed by atoms with Crippen molar-refractivity contribution < 1.29 is 17.9 Å². The number of aromatic amines is 1. The molecule has 2 saturated heterocycles. The van der Waals surface area contributed by atoms with Gasteiger partial charge in [0.2, 0.25) is 5.95 Å². The van der Waals surface area contributed by atoms with Gasteiger partial charge in [0.05, 0.1) is 42.0 Å². The van der Waals surface area contributed by atoms with Crippen molar-refractivity contribution in [2.75, 3.05) is 44.3 Å². The van der Waals surface area contributed by atoms with Gasteiger partial charge in [-0.05, 0) is 37.0 Å². The van der Waals surface area contributed by atoms with Crippen molar-refractivity contribution in [2.24, 2.45) is 5.92 Å². The van der Waals surface area contributed by atoms with Crippen molar-refractivity contribution in [3.63, 3.8) is 0 Å². The van der Waals surface area contributed by atoms with Crippen LogP contribution in [0.3, 0.4) is 0 Å². The molecular formula is C25H27F3N8O. The van der Waals surface area contributed by atoms with Crippen molar-refractivity contribution >= 4 is 11.6 Å². The van der Waals surface area contributed by atoms with Crippen LogP contribution in [0.5, 0.6) is 0 Å². The molecule has 0 saturated carbocycles. The van der Waals surface area contributed by atoms with E-state index in [0.717, 1.165) is 57.1 Å². The Balaban J connectivity index is 1.27. The van der Waals surface area contributed by atoms with Crippen LogP contribution in [0, 0.1) is 5.92 Å². The summed E-state index contributed by atoms with van der Waals surface area (Å²) in [5, 5.41) is 7.09. The third-order valence-electron chi connectivity index (χ3n) is 7.16. The van der Waals surface area contributed by atoms with E-state index in [9.17, 15) is 13.2 Å². The fraction of sp³-hybridized carbons (Fsp3) is 0.440.